The van der Waals surface area contributed by atoms with E-state index < -0.39 is 47.1 Å². The van der Waals surface area contributed by atoms with Crippen LogP contribution in [0.15, 0.2) is 0 Å². The average Bonchev–Trinajstić information content (AvgIpc) is 2.96. The Morgan fingerprint density at radius 2 is 1.71 bits per heavy atom. The third-order valence-electron chi connectivity index (χ3n) is 7.88. The number of aliphatic carboxylic acids is 2. The molecule has 0 spiro atoms. The first-order chi connectivity index (χ1) is 14.4. The molecule has 3 saturated carbocycles. The molecule has 0 bridgehead atoms. The molecule has 31 heavy (non-hydrogen) atoms. The second-order valence-corrected chi connectivity index (χ2v) is 9.71. The number of nitrogens with one attached hydrogen (secondary N) is 1. The molecular formula is C22H29NO8. The van der Waals surface area contributed by atoms with Crippen molar-refractivity contribution in [3.8, 4) is 0 Å². The monoisotopic (exact) mass is 435 g/mol. The van der Waals surface area contributed by atoms with Crippen LogP contribution in [0.3, 0.4) is 0 Å². The molecule has 9 heteroatoms. The van der Waals surface area contributed by atoms with Gasteiger partial charge < -0.3 is 15.5 Å². The van der Waals surface area contributed by atoms with E-state index in [2.05, 4.69) is 5.32 Å². The van der Waals surface area contributed by atoms with Crippen molar-refractivity contribution < 1.29 is 39.0 Å². The van der Waals surface area contributed by atoms with Crippen molar-refractivity contribution in [2.24, 2.45) is 28.6 Å². The Kier molecular flexibility index (Phi) is 6.08. The van der Waals surface area contributed by atoms with E-state index in [4.69, 9.17) is 10.2 Å². The summed E-state index contributed by atoms with van der Waals surface area (Å²) in [6, 6.07) is -1.56. The van der Waals surface area contributed by atoms with Crippen molar-refractivity contribution >= 4 is 35.2 Å². The molecule has 3 N–H and O–H groups in total. The van der Waals surface area contributed by atoms with E-state index in [-0.39, 0.29) is 54.9 Å². The van der Waals surface area contributed by atoms with Gasteiger partial charge in [-0.15, -0.1) is 0 Å². The number of carboxylic acids is 2. The highest BCUT2D eigenvalue weighted by molar-refractivity contribution is 5.99. The van der Waals surface area contributed by atoms with Crippen molar-refractivity contribution in [1.82, 2.24) is 5.32 Å². The fourth-order valence-corrected chi connectivity index (χ4v) is 6.22. The highest BCUT2D eigenvalue weighted by Crippen LogP contribution is 2.60. The third-order valence-corrected chi connectivity index (χ3v) is 7.88. The molecule has 170 valence electrons. The predicted octanol–water partition coefficient (Wildman–Crippen LogP) is 1.37. The van der Waals surface area contributed by atoms with Crippen molar-refractivity contribution in [3.63, 3.8) is 0 Å². The summed E-state index contributed by atoms with van der Waals surface area (Å²) in [7, 11) is 0. The normalized spacial score (nSPS) is 35.8. The lowest BCUT2D eigenvalue weighted by molar-refractivity contribution is -0.160. The highest BCUT2D eigenvalue weighted by atomic mass is 16.4. The van der Waals surface area contributed by atoms with Gasteiger partial charge in [0.2, 0.25) is 5.91 Å². The van der Waals surface area contributed by atoms with Gasteiger partial charge in [-0.05, 0) is 31.1 Å². The molecule has 0 saturated heterocycles. The van der Waals surface area contributed by atoms with Crippen LogP contribution in [0.1, 0.15) is 65.2 Å². The Bertz CT molecular complexity index is 850. The number of carbonyl (C=O) groups is 6. The number of Topliss-reactive ketones (excluding diaryl/α,β-unsaturated/α-hetero) is 3. The number of carboxylic acid groups (broad SMARTS) is 2. The van der Waals surface area contributed by atoms with E-state index in [1.807, 2.05) is 6.92 Å². The molecule has 0 aliphatic heterocycles. The van der Waals surface area contributed by atoms with Gasteiger partial charge in [0.15, 0.2) is 0 Å². The highest BCUT2D eigenvalue weighted by Gasteiger charge is 2.62. The van der Waals surface area contributed by atoms with Crippen LogP contribution < -0.4 is 5.32 Å². The molecule has 0 radical (unpaired) electrons. The first-order valence-electron chi connectivity index (χ1n) is 10.7. The molecule has 0 aromatic heterocycles. The number of carbonyl (C=O) groups excluding carboxylic acids is 4. The van der Waals surface area contributed by atoms with Gasteiger partial charge in [0.25, 0.3) is 0 Å². The lowest BCUT2D eigenvalue weighted by Gasteiger charge is -2.52. The van der Waals surface area contributed by atoms with Crippen LogP contribution in [0.2, 0.25) is 0 Å². The summed E-state index contributed by atoms with van der Waals surface area (Å²) in [5.74, 6) is -4.16. The smallest absolute Gasteiger partial charge is 0.326 e. The molecule has 3 fully saturated rings. The van der Waals surface area contributed by atoms with Crippen molar-refractivity contribution in [1.29, 1.82) is 0 Å². The molecule has 0 aromatic carbocycles. The molecule has 1 amide bonds. The van der Waals surface area contributed by atoms with Gasteiger partial charge in [0, 0.05) is 42.4 Å². The van der Waals surface area contributed by atoms with Crippen LogP contribution in [0.25, 0.3) is 0 Å². The summed E-state index contributed by atoms with van der Waals surface area (Å²) >= 11 is 0. The molecule has 0 heterocycles. The minimum atomic E-state index is -1.56. The lowest BCUT2D eigenvalue weighted by Crippen LogP contribution is -2.56. The molecule has 3 rings (SSSR count). The van der Waals surface area contributed by atoms with E-state index in [1.54, 1.807) is 6.92 Å². The van der Waals surface area contributed by atoms with Gasteiger partial charge in [-0.2, -0.15) is 0 Å². The summed E-state index contributed by atoms with van der Waals surface area (Å²) in [4.78, 5) is 72.9. The number of ketones is 3. The summed E-state index contributed by atoms with van der Waals surface area (Å²) in [6.07, 6.45) is 1.24. The fraction of sp³-hybridized carbons (Fsp3) is 0.727. The first kappa shape index (κ1) is 23.1. The minimum Gasteiger partial charge on any atom is -0.481 e. The van der Waals surface area contributed by atoms with Gasteiger partial charge in [-0.3, -0.25) is 24.0 Å². The van der Waals surface area contributed by atoms with Crippen molar-refractivity contribution in [3.05, 3.63) is 0 Å². The Hall–Kier alpha value is -2.58. The van der Waals surface area contributed by atoms with Crippen molar-refractivity contribution in [2.45, 2.75) is 71.3 Å². The maximum absolute atomic E-state index is 13.2. The summed E-state index contributed by atoms with van der Waals surface area (Å²) in [5.41, 5.74) is -1.72. The largest absolute Gasteiger partial charge is 0.481 e. The summed E-state index contributed by atoms with van der Waals surface area (Å²) in [6.45, 7) is 3.56. The summed E-state index contributed by atoms with van der Waals surface area (Å²) in [5, 5.41) is 20.1. The van der Waals surface area contributed by atoms with Crippen molar-refractivity contribution in [2.75, 3.05) is 0 Å². The Balaban J connectivity index is 1.75. The molecule has 6 atom stereocenters. The van der Waals surface area contributed by atoms with Crippen LogP contribution in [-0.4, -0.2) is 51.5 Å². The summed E-state index contributed by atoms with van der Waals surface area (Å²) < 4.78 is 0. The molecule has 0 aromatic rings. The van der Waals surface area contributed by atoms with Crippen LogP contribution in [0.5, 0.6) is 0 Å². The topological polar surface area (TPSA) is 155 Å². The zero-order valence-electron chi connectivity index (χ0n) is 17.8. The van der Waals surface area contributed by atoms with Crippen LogP contribution >= 0.6 is 0 Å². The average molecular weight is 435 g/mol. The van der Waals surface area contributed by atoms with E-state index in [0.717, 1.165) is 0 Å². The molecular weight excluding hydrogens is 406 g/mol. The third kappa shape index (κ3) is 4.02. The van der Waals surface area contributed by atoms with E-state index >= 15 is 0 Å². The zero-order chi connectivity index (χ0) is 23.1. The zero-order valence-corrected chi connectivity index (χ0v) is 17.8. The van der Waals surface area contributed by atoms with Gasteiger partial charge >= 0.3 is 11.9 Å². The van der Waals surface area contributed by atoms with Gasteiger partial charge in [0.1, 0.15) is 23.4 Å². The Morgan fingerprint density at radius 3 is 2.32 bits per heavy atom. The second-order valence-electron chi connectivity index (χ2n) is 9.71. The van der Waals surface area contributed by atoms with E-state index in [0.29, 0.717) is 19.3 Å². The number of hydrogen-bond acceptors (Lipinski definition) is 6. The quantitative estimate of drug-likeness (QED) is 0.541. The SMILES string of the molecule is CC12CC(=O)C3C(CCC(=O)C3(C)CCC(=O)NC(CC(=O)O)C(=O)O)C1CCC2=O. The number of amides is 1. The molecule has 9 nitrogen and oxygen atoms in total. The molecule has 3 aliphatic rings. The van der Waals surface area contributed by atoms with E-state index in [9.17, 15) is 28.8 Å². The fourth-order valence-electron chi connectivity index (χ4n) is 6.22. The maximum Gasteiger partial charge on any atom is 0.326 e. The number of fused-ring (bicyclic) bond motifs is 3. The number of hydrogen-bond donors (Lipinski definition) is 3. The predicted molar refractivity (Wildman–Crippen MR) is 106 cm³/mol. The van der Waals surface area contributed by atoms with Gasteiger partial charge in [0.05, 0.1) is 6.42 Å². The first-order valence-corrected chi connectivity index (χ1v) is 10.7. The second kappa shape index (κ2) is 8.16. The standard InChI is InChI=1S/C22H29NO8/c1-21(8-7-17(27)23-13(20(30)31)9-18(28)29)15(25)5-3-11-12-4-6-16(26)22(12,2)10-14(24)19(11)21/h11-13,19H,3-10H2,1-2H3,(H,23,27)(H,28,29)(H,30,31). The maximum atomic E-state index is 13.2. The minimum absolute atomic E-state index is 0.0518. The van der Waals surface area contributed by atoms with Crippen LogP contribution in [0.4, 0.5) is 0 Å². The number of rotatable bonds is 7. The molecule has 6 unspecified atom stereocenters. The van der Waals surface area contributed by atoms with Crippen LogP contribution in [-0.2, 0) is 28.8 Å². The Morgan fingerprint density at radius 1 is 1.06 bits per heavy atom. The van der Waals surface area contributed by atoms with Gasteiger partial charge in [-0.25, -0.2) is 4.79 Å². The molecule has 3 aliphatic carbocycles. The van der Waals surface area contributed by atoms with Crippen LogP contribution in [0, 0.1) is 28.6 Å². The lowest BCUT2D eigenvalue weighted by atomic mass is 9.48. The van der Waals surface area contributed by atoms with E-state index in [1.165, 1.54) is 0 Å². The Labute approximate surface area is 179 Å². The van der Waals surface area contributed by atoms with Gasteiger partial charge in [-0.1, -0.05) is 13.8 Å².